The molecule has 4 rings (SSSR count). The van der Waals surface area contributed by atoms with Gasteiger partial charge in [0.05, 0.1) is 5.66 Å². The lowest BCUT2D eigenvalue weighted by Crippen LogP contribution is -2.51. The molecule has 6 nitrogen and oxygen atoms in total. The quantitative estimate of drug-likeness (QED) is 0.574. The number of carbonyl (C=O) groups excluding carboxylic acids is 2. The molecule has 2 atom stereocenters. The minimum atomic E-state index is -0.774. The smallest absolute Gasteiger partial charge is 0.243 e. The summed E-state index contributed by atoms with van der Waals surface area (Å²) in [4.78, 5) is 22.8. The Morgan fingerprint density at radius 3 is 2.27 bits per heavy atom. The van der Waals surface area contributed by atoms with Gasteiger partial charge >= 0.3 is 0 Å². The van der Waals surface area contributed by atoms with E-state index in [2.05, 4.69) is 10.6 Å². The number of nitrogens with one attached hydrogen (secondary N) is 2. The fourth-order valence-electron chi connectivity index (χ4n) is 3.90. The summed E-state index contributed by atoms with van der Waals surface area (Å²) >= 11 is 11.7. The van der Waals surface area contributed by atoms with Crippen LogP contribution >= 0.6 is 23.2 Å². The zero-order chi connectivity index (χ0) is 21.7. The molecule has 1 spiro atoms. The monoisotopic (exact) mass is 448 g/mol. The first-order valence-electron chi connectivity index (χ1n) is 9.95. The predicted octanol–water partition coefficient (Wildman–Crippen LogP) is 3.59. The first-order valence-corrected chi connectivity index (χ1v) is 10.7. The van der Waals surface area contributed by atoms with Gasteiger partial charge in [0.15, 0.2) is 0 Å². The van der Waals surface area contributed by atoms with Crippen molar-refractivity contribution in [1.82, 2.24) is 10.6 Å². The SMILES string of the molecule is NC(=O)C(N)c1cccc(Cl)c1.O=C1NC2(CCCCC2)NC1c1cccc(Cl)c1. The molecule has 0 aromatic heterocycles. The van der Waals surface area contributed by atoms with E-state index in [4.69, 9.17) is 34.7 Å². The fraction of sp³-hybridized carbons (Fsp3) is 0.364. The third-order valence-electron chi connectivity index (χ3n) is 5.45. The number of rotatable bonds is 3. The molecule has 0 radical (unpaired) electrons. The first-order chi connectivity index (χ1) is 14.3. The third-order valence-corrected chi connectivity index (χ3v) is 5.92. The Hall–Kier alpha value is -2.12. The number of carbonyl (C=O) groups is 2. The largest absolute Gasteiger partial charge is 0.368 e. The number of benzene rings is 2. The number of primary amides is 1. The van der Waals surface area contributed by atoms with Gasteiger partial charge in [-0.3, -0.25) is 14.9 Å². The van der Waals surface area contributed by atoms with E-state index >= 15 is 0 Å². The van der Waals surface area contributed by atoms with E-state index in [0.29, 0.717) is 15.6 Å². The van der Waals surface area contributed by atoms with Crippen molar-refractivity contribution >= 4 is 35.0 Å². The fourth-order valence-corrected chi connectivity index (χ4v) is 4.29. The van der Waals surface area contributed by atoms with Crippen LogP contribution < -0.4 is 22.1 Å². The van der Waals surface area contributed by atoms with Gasteiger partial charge in [-0.25, -0.2) is 0 Å². The van der Waals surface area contributed by atoms with Crippen LogP contribution in [0.3, 0.4) is 0 Å². The van der Waals surface area contributed by atoms with Gasteiger partial charge in [0.2, 0.25) is 11.8 Å². The van der Waals surface area contributed by atoms with Gasteiger partial charge in [0.25, 0.3) is 0 Å². The van der Waals surface area contributed by atoms with Crippen molar-refractivity contribution in [2.45, 2.75) is 49.9 Å². The molecule has 1 saturated carbocycles. The van der Waals surface area contributed by atoms with Crippen molar-refractivity contribution in [3.8, 4) is 0 Å². The standard InChI is InChI=1S/C14H17ClN2O.C8H9ClN2O/c15-11-6-4-5-10(9-11)12-13(18)17-14(16-12)7-2-1-3-8-14;9-6-3-1-2-5(4-6)7(10)8(11)12/h4-6,9,12,16H,1-3,7-8H2,(H,17,18);1-4,7H,10H2,(H2,11,12). The molecule has 1 aliphatic carbocycles. The molecule has 1 saturated heterocycles. The van der Waals surface area contributed by atoms with Crippen LogP contribution in [0, 0.1) is 0 Å². The molecule has 1 heterocycles. The van der Waals surface area contributed by atoms with E-state index in [1.165, 1.54) is 19.3 Å². The molecule has 1 aliphatic heterocycles. The van der Waals surface area contributed by atoms with Gasteiger partial charge in [0.1, 0.15) is 12.1 Å². The molecule has 2 fully saturated rings. The average Bonchev–Trinajstić information content (AvgIpc) is 3.03. The van der Waals surface area contributed by atoms with Crippen LogP contribution in [-0.2, 0) is 9.59 Å². The minimum absolute atomic E-state index is 0.0687. The van der Waals surface area contributed by atoms with E-state index in [-0.39, 0.29) is 17.6 Å². The molecule has 8 heteroatoms. The Morgan fingerprint density at radius 2 is 1.67 bits per heavy atom. The molecular formula is C22H26Cl2N4O2. The van der Waals surface area contributed by atoms with Crippen molar-refractivity contribution in [3.63, 3.8) is 0 Å². The van der Waals surface area contributed by atoms with Crippen molar-refractivity contribution in [3.05, 3.63) is 69.7 Å². The highest BCUT2D eigenvalue weighted by Crippen LogP contribution is 2.33. The normalized spacial score (nSPS) is 20.8. The Kier molecular flexibility index (Phi) is 7.36. The maximum atomic E-state index is 12.1. The number of nitrogens with two attached hydrogens (primary N) is 2. The Balaban J connectivity index is 0.000000187. The summed E-state index contributed by atoms with van der Waals surface area (Å²) in [7, 11) is 0. The van der Waals surface area contributed by atoms with E-state index in [1.807, 2.05) is 24.3 Å². The third kappa shape index (κ3) is 5.52. The van der Waals surface area contributed by atoms with Gasteiger partial charge < -0.3 is 16.8 Å². The second-order valence-corrected chi connectivity index (χ2v) is 8.57. The summed E-state index contributed by atoms with van der Waals surface area (Å²) in [6.45, 7) is 0. The second kappa shape index (κ2) is 9.79. The minimum Gasteiger partial charge on any atom is -0.368 e. The van der Waals surface area contributed by atoms with E-state index in [9.17, 15) is 9.59 Å². The van der Waals surface area contributed by atoms with Crippen molar-refractivity contribution in [2.24, 2.45) is 11.5 Å². The van der Waals surface area contributed by atoms with Crippen LogP contribution in [0.2, 0.25) is 10.0 Å². The number of amides is 2. The molecule has 2 aliphatic rings. The number of halogens is 2. The summed E-state index contributed by atoms with van der Waals surface area (Å²) in [5, 5.41) is 7.84. The summed E-state index contributed by atoms with van der Waals surface area (Å²) in [6.07, 6.45) is 5.66. The van der Waals surface area contributed by atoms with Gasteiger partial charge in [-0.05, 0) is 61.1 Å². The Morgan fingerprint density at radius 1 is 1.03 bits per heavy atom. The van der Waals surface area contributed by atoms with Gasteiger partial charge in [-0.1, -0.05) is 53.9 Å². The van der Waals surface area contributed by atoms with E-state index < -0.39 is 11.9 Å². The number of hydrogen-bond donors (Lipinski definition) is 4. The van der Waals surface area contributed by atoms with Crippen LogP contribution in [0.15, 0.2) is 48.5 Å². The maximum absolute atomic E-state index is 12.1. The first kappa shape index (κ1) is 22.6. The molecular weight excluding hydrogens is 423 g/mol. The highest BCUT2D eigenvalue weighted by Gasteiger charge is 2.44. The highest BCUT2D eigenvalue weighted by molar-refractivity contribution is 6.31. The summed E-state index contributed by atoms with van der Waals surface area (Å²) in [5.41, 5.74) is 11.9. The van der Waals surface area contributed by atoms with E-state index in [0.717, 1.165) is 18.4 Å². The molecule has 6 N–H and O–H groups in total. The molecule has 30 heavy (non-hydrogen) atoms. The molecule has 2 unspecified atom stereocenters. The molecule has 2 aromatic rings. The molecule has 160 valence electrons. The summed E-state index contributed by atoms with van der Waals surface area (Å²) in [5.74, 6) is -0.489. The van der Waals surface area contributed by atoms with Gasteiger partial charge in [0, 0.05) is 10.0 Å². The lowest BCUT2D eigenvalue weighted by molar-refractivity contribution is -0.121. The van der Waals surface area contributed by atoms with Crippen LogP contribution in [-0.4, -0.2) is 17.5 Å². The van der Waals surface area contributed by atoms with Crippen LogP contribution in [0.5, 0.6) is 0 Å². The van der Waals surface area contributed by atoms with Crippen molar-refractivity contribution in [2.75, 3.05) is 0 Å². The average molecular weight is 449 g/mol. The van der Waals surface area contributed by atoms with Crippen LogP contribution in [0.4, 0.5) is 0 Å². The van der Waals surface area contributed by atoms with Crippen LogP contribution in [0.1, 0.15) is 55.3 Å². The Bertz CT molecular complexity index is 916. The van der Waals surface area contributed by atoms with Crippen molar-refractivity contribution in [1.29, 1.82) is 0 Å². The molecule has 0 bridgehead atoms. The summed E-state index contributed by atoms with van der Waals surface area (Å²) < 4.78 is 0. The zero-order valence-electron chi connectivity index (χ0n) is 16.5. The highest BCUT2D eigenvalue weighted by atomic mass is 35.5. The van der Waals surface area contributed by atoms with Gasteiger partial charge in [-0.2, -0.15) is 0 Å². The van der Waals surface area contributed by atoms with Gasteiger partial charge in [-0.15, -0.1) is 0 Å². The number of hydrogen-bond acceptors (Lipinski definition) is 4. The lowest BCUT2D eigenvalue weighted by atomic mass is 9.89. The zero-order valence-corrected chi connectivity index (χ0v) is 18.0. The molecule has 2 aromatic carbocycles. The summed E-state index contributed by atoms with van der Waals surface area (Å²) in [6, 6.07) is 13.3. The predicted molar refractivity (Wildman–Crippen MR) is 119 cm³/mol. The molecule has 2 amide bonds. The maximum Gasteiger partial charge on any atom is 0.243 e. The topological polar surface area (TPSA) is 110 Å². The van der Waals surface area contributed by atoms with Crippen molar-refractivity contribution < 1.29 is 9.59 Å². The van der Waals surface area contributed by atoms with Crippen LogP contribution in [0.25, 0.3) is 0 Å². The lowest BCUT2D eigenvalue weighted by Gasteiger charge is -2.33. The Labute approximate surface area is 186 Å². The second-order valence-electron chi connectivity index (χ2n) is 7.70. The van der Waals surface area contributed by atoms with E-state index in [1.54, 1.807) is 24.3 Å².